The number of carbonyl (C=O) groups excluding carboxylic acids is 2. The maximum atomic E-state index is 16.5. The van der Waals surface area contributed by atoms with Crippen LogP contribution in [0.2, 0.25) is 0 Å². The van der Waals surface area contributed by atoms with Crippen molar-refractivity contribution in [1.29, 1.82) is 0 Å². The third-order valence-corrected chi connectivity index (χ3v) is 10.3. The number of piperidine rings is 1. The van der Waals surface area contributed by atoms with Crippen molar-refractivity contribution in [3.05, 3.63) is 47.7 Å². The van der Waals surface area contributed by atoms with Gasteiger partial charge in [-0.15, -0.1) is 6.42 Å². The molecule has 3 fully saturated rings. The Labute approximate surface area is 330 Å². The highest BCUT2D eigenvalue weighted by Crippen LogP contribution is 2.39. The highest BCUT2D eigenvalue weighted by atomic mass is 19.1. The number of anilines is 1. The Morgan fingerprint density at radius 2 is 1.89 bits per heavy atom. The Balaban J connectivity index is 0.000000530. The molecule has 3 aliphatic heterocycles. The molecule has 3 saturated heterocycles. The van der Waals surface area contributed by atoms with Gasteiger partial charge in [0.05, 0.1) is 30.5 Å². The summed E-state index contributed by atoms with van der Waals surface area (Å²) in [6, 6.07) is 5.39. The minimum atomic E-state index is -1.09. The number of fused-ring (bicyclic) bond motifs is 3. The third kappa shape index (κ3) is 9.61. The number of pyridine rings is 1. The van der Waals surface area contributed by atoms with Crippen LogP contribution in [0, 0.1) is 35.3 Å². The molecule has 0 bridgehead atoms. The molecular weight excluding hydrogens is 741 g/mol. The second kappa shape index (κ2) is 17.0. The van der Waals surface area contributed by atoms with Gasteiger partial charge < -0.3 is 29.5 Å². The van der Waals surface area contributed by atoms with E-state index in [0.29, 0.717) is 36.8 Å². The molecule has 5 heterocycles. The van der Waals surface area contributed by atoms with Gasteiger partial charge in [-0.05, 0) is 67.1 Å². The van der Waals surface area contributed by atoms with Gasteiger partial charge in [-0.25, -0.2) is 18.0 Å². The van der Waals surface area contributed by atoms with Crippen LogP contribution in [-0.4, -0.2) is 94.9 Å². The summed E-state index contributed by atoms with van der Waals surface area (Å²) < 4.78 is 59.6. The molecule has 0 radical (unpaired) electrons. The normalized spacial score (nSPS) is 21.3. The number of hydrogen-bond acceptors (Lipinski definition) is 11. The fourth-order valence-electron chi connectivity index (χ4n) is 7.99. The van der Waals surface area contributed by atoms with Gasteiger partial charge >= 0.3 is 18.1 Å². The Kier molecular flexibility index (Phi) is 12.3. The second-order valence-corrected chi connectivity index (χ2v) is 16.3. The molecule has 304 valence electrons. The van der Waals surface area contributed by atoms with Crippen molar-refractivity contribution in [3.63, 3.8) is 0 Å². The first-order chi connectivity index (χ1) is 27.0. The number of benzene rings is 2. The third-order valence-electron chi connectivity index (χ3n) is 10.3. The van der Waals surface area contributed by atoms with Gasteiger partial charge in [-0.2, -0.15) is 9.97 Å². The summed E-state index contributed by atoms with van der Waals surface area (Å²) in [6.45, 7) is 11.8. The largest absolute Gasteiger partial charge is 0.508 e. The number of carbonyl (C=O) groups is 2. The van der Waals surface area contributed by atoms with Gasteiger partial charge in [-0.3, -0.25) is 14.7 Å². The number of nitrogens with one attached hydrogen (secondary N) is 1. The van der Waals surface area contributed by atoms with E-state index in [1.54, 1.807) is 0 Å². The minimum absolute atomic E-state index is 0.0647. The van der Waals surface area contributed by atoms with E-state index < -0.39 is 42.2 Å². The molecule has 4 unspecified atom stereocenters. The Bertz CT molecular complexity index is 2180. The molecule has 5 atom stereocenters. The number of alkyl halides is 1. The maximum absolute atomic E-state index is 16.5. The number of alkyl carbamates (subject to hydrolysis) is 1. The van der Waals surface area contributed by atoms with Gasteiger partial charge in [-0.1, -0.05) is 39.7 Å². The van der Waals surface area contributed by atoms with Gasteiger partial charge in [0, 0.05) is 49.7 Å². The van der Waals surface area contributed by atoms with Crippen LogP contribution >= 0.6 is 0 Å². The first-order valence-corrected chi connectivity index (χ1v) is 19.2. The molecule has 15 heteroatoms. The van der Waals surface area contributed by atoms with Crippen LogP contribution < -0.4 is 15.0 Å². The number of terminal acetylenes is 1. The van der Waals surface area contributed by atoms with Gasteiger partial charge in [0.1, 0.15) is 34.8 Å². The SMILES string of the molecule is C#Cc1c(F)ccc2cc(O)cc(-c3ncc4c(N5CC(C)CC(NC(=O)OC(C)OC(=O)CC(C)(C)C)C5)nc(OC)nc4c3F)c12.F[C@@H]1CC2CCCN2C1. The zero-order valence-electron chi connectivity index (χ0n) is 33.1. The number of halogens is 3. The molecule has 7 rings (SSSR count). The summed E-state index contributed by atoms with van der Waals surface area (Å²) in [5, 5.41) is 14.1. The highest BCUT2D eigenvalue weighted by Gasteiger charge is 2.35. The van der Waals surface area contributed by atoms with Crippen molar-refractivity contribution in [2.24, 2.45) is 11.3 Å². The topological polar surface area (TPSA) is 139 Å². The molecule has 2 aromatic carbocycles. The average Bonchev–Trinajstić information content (AvgIpc) is 3.71. The van der Waals surface area contributed by atoms with E-state index in [1.165, 1.54) is 57.3 Å². The van der Waals surface area contributed by atoms with Gasteiger partial charge in [0.15, 0.2) is 5.82 Å². The molecule has 0 saturated carbocycles. The number of phenolic OH excluding ortho intramolecular Hbond substituents is 1. The summed E-state index contributed by atoms with van der Waals surface area (Å²) in [5.41, 5.74) is -0.614. The second-order valence-electron chi connectivity index (χ2n) is 16.3. The van der Waals surface area contributed by atoms with E-state index in [9.17, 15) is 23.5 Å². The lowest BCUT2D eigenvalue weighted by atomic mass is 9.92. The van der Waals surface area contributed by atoms with E-state index >= 15 is 4.39 Å². The van der Waals surface area contributed by atoms with Crippen LogP contribution in [0.4, 0.5) is 23.8 Å². The van der Waals surface area contributed by atoms with Crippen LogP contribution in [0.3, 0.4) is 0 Å². The number of rotatable bonds is 7. The number of aromatic nitrogens is 3. The fourth-order valence-corrected chi connectivity index (χ4v) is 7.99. The summed E-state index contributed by atoms with van der Waals surface area (Å²) >= 11 is 0. The molecule has 4 aromatic rings. The Hall–Kier alpha value is -5.36. The monoisotopic (exact) mass is 790 g/mol. The quantitative estimate of drug-likeness (QED) is 0.111. The lowest BCUT2D eigenvalue weighted by Crippen LogP contribution is -2.51. The highest BCUT2D eigenvalue weighted by molar-refractivity contribution is 6.03. The summed E-state index contributed by atoms with van der Waals surface area (Å²) in [4.78, 5) is 42.2. The predicted molar refractivity (Wildman–Crippen MR) is 209 cm³/mol. The molecule has 12 nitrogen and oxygen atoms in total. The molecule has 0 aliphatic carbocycles. The van der Waals surface area contributed by atoms with Crippen LogP contribution in [0.15, 0.2) is 30.5 Å². The molecular formula is C42H49F3N6O6. The van der Waals surface area contributed by atoms with Crippen molar-refractivity contribution in [1.82, 2.24) is 25.2 Å². The van der Waals surface area contributed by atoms with E-state index in [2.05, 4.69) is 31.1 Å². The van der Waals surface area contributed by atoms with Crippen molar-refractivity contribution >= 4 is 39.6 Å². The predicted octanol–water partition coefficient (Wildman–Crippen LogP) is 7.28. The smallest absolute Gasteiger partial charge is 0.410 e. The molecule has 57 heavy (non-hydrogen) atoms. The van der Waals surface area contributed by atoms with E-state index in [0.717, 1.165) is 13.0 Å². The number of methoxy groups -OCH3 is 1. The van der Waals surface area contributed by atoms with Crippen LogP contribution in [0.1, 0.15) is 72.3 Å². The standard InChI is InChI=1S/C35H37F2N5O6.C7H12FN/c1-8-23-26(36)10-9-20-12-22(43)13-24(28(20)23)30-29(37)31-25(15-38-30)32(41-33(40-31)46-7)42-16-18(2)11-21(17-42)39-34(45)48-19(3)47-27(44)14-35(4,5)6;8-6-4-7-2-1-3-9(7)5-6/h1,9-10,12-13,15,18-19,21,43H,11,14,16-17H2,2-7H3,(H,39,45);6-7H,1-5H2/t;6-,7?/m.1/s1. The first kappa shape index (κ1) is 41.3. The number of phenols is 1. The van der Waals surface area contributed by atoms with Gasteiger partial charge in [0.25, 0.3) is 0 Å². The lowest BCUT2D eigenvalue weighted by Gasteiger charge is -2.37. The number of hydrogen-bond donors (Lipinski definition) is 2. The Morgan fingerprint density at radius 3 is 2.60 bits per heavy atom. The molecule has 2 aromatic heterocycles. The van der Waals surface area contributed by atoms with Crippen molar-refractivity contribution in [2.75, 3.05) is 38.2 Å². The van der Waals surface area contributed by atoms with Crippen molar-refractivity contribution in [3.8, 4) is 35.4 Å². The fraction of sp³-hybridized carbons (Fsp3) is 0.500. The molecule has 1 amide bonds. The summed E-state index contributed by atoms with van der Waals surface area (Å²) in [6.07, 6.45) is 8.77. The number of aromatic hydroxyl groups is 1. The van der Waals surface area contributed by atoms with E-state index in [1.807, 2.05) is 32.6 Å². The Morgan fingerprint density at radius 1 is 1.12 bits per heavy atom. The molecule has 3 aliphatic rings. The maximum Gasteiger partial charge on any atom is 0.410 e. The van der Waals surface area contributed by atoms with Crippen LogP contribution in [-0.2, 0) is 14.3 Å². The van der Waals surface area contributed by atoms with Crippen LogP contribution in [0.5, 0.6) is 11.8 Å². The minimum Gasteiger partial charge on any atom is -0.508 e. The van der Waals surface area contributed by atoms with Crippen molar-refractivity contribution < 1.29 is 42.1 Å². The number of ether oxygens (including phenoxy) is 3. The average molecular weight is 791 g/mol. The lowest BCUT2D eigenvalue weighted by molar-refractivity contribution is -0.167. The molecule has 2 N–H and O–H groups in total. The van der Waals surface area contributed by atoms with E-state index in [4.69, 9.17) is 20.6 Å². The van der Waals surface area contributed by atoms with E-state index in [-0.39, 0.29) is 69.2 Å². The number of nitrogens with zero attached hydrogens (tertiary/aromatic N) is 5. The van der Waals surface area contributed by atoms with Crippen LogP contribution in [0.25, 0.3) is 32.9 Å². The number of amides is 1. The van der Waals surface area contributed by atoms with Crippen molar-refractivity contribution in [2.45, 2.75) is 91.3 Å². The zero-order chi connectivity index (χ0) is 41.2. The van der Waals surface area contributed by atoms with Gasteiger partial charge in [0.2, 0.25) is 6.29 Å². The summed E-state index contributed by atoms with van der Waals surface area (Å²) in [5.74, 6) is 0.514. The summed E-state index contributed by atoms with van der Waals surface area (Å²) in [7, 11) is 1.35. The zero-order valence-corrected chi connectivity index (χ0v) is 33.1. The molecule has 0 spiro atoms. The number of esters is 1. The first-order valence-electron chi connectivity index (χ1n) is 19.2.